The number of rotatable bonds is 5. The van der Waals surface area contributed by atoms with Crippen molar-refractivity contribution in [2.24, 2.45) is 0 Å². The van der Waals surface area contributed by atoms with E-state index >= 15 is 0 Å². The number of para-hydroxylation sites is 1. The van der Waals surface area contributed by atoms with E-state index in [1.165, 1.54) is 11.1 Å². The first kappa shape index (κ1) is 15.3. The van der Waals surface area contributed by atoms with Crippen molar-refractivity contribution in [3.05, 3.63) is 64.7 Å². The topological polar surface area (TPSA) is 41.1 Å². The van der Waals surface area contributed by atoms with Gasteiger partial charge in [-0.1, -0.05) is 42.5 Å². The summed E-state index contributed by atoms with van der Waals surface area (Å²) in [6.07, 6.45) is 0. The number of benzene rings is 2. The molecule has 2 N–H and O–H groups in total. The first-order valence-electron chi connectivity index (χ1n) is 7.19. The van der Waals surface area contributed by atoms with Crippen molar-refractivity contribution >= 4 is 11.6 Å². The van der Waals surface area contributed by atoms with E-state index in [0.717, 1.165) is 16.8 Å². The second-order valence-corrected chi connectivity index (χ2v) is 5.35. The largest absolute Gasteiger partial charge is 0.324 e. The Morgan fingerprint density at radius 1 is 0.905 bits per heavy atom. The fourth-order valence-electron chi connectivity index (χ4n) is 2.31. The van der Waals surface area contributed by atoms with E-state index in [9.17, 15) is 4.79 Å². The summed E-state index contributed by atoms with van der Waals surface area (Å²) in [6, 6.07) is 14.2. The standard InChI is InChI=1S/C18H22N2O/c1-13-7-4-5-10-16(13)11-19-12-17(21)20-18-14(2)8-6-9-15(18)3/h4-10,19H,11-12H2,1-3H3,(H,20,21). The Hall–Kier alpha value is -2.13. The molecule has 0 atom stereocenters. The Bertz CT molecular complexity index is 615. The van der Waals surface area contributed by atoms with Crippen LogP contribution in [0.1, 0.15) is 22.3 Å². The Labute approximate surface area is 126 Å². The molecule has 0 heterocycles. The summed E-state index contributed by atoms with van der Waals surface area (Å²) in [6.45, 7) is 7.09. The molecule has 3 heteroatoms. The molecule has 2 aromatic carbocycles. The third-order valence-electron chi connectivity index (χ3n) is 3.61. The minimum absolute atomic E-state index is 0.0130. The number of aryl methyl sites for hydroxylation is 3. The maximum absolute atomic E-state index is 12.0. The van der Waals surface area contributed by atoms with Gasteiger partial charge in [0.2, 0.25) is 5.91 Å². The Balaban J connectivity index is 1.87. The van der Waals surface area contributed by atoms with Gasteiger partial charge in [-0.15, -0.1) is 0 Å². The van der Waals surface area contributed by atoms with Gasteiger partial charge in [0.15, 0.2) is 0 Å². The first-order valence-corrected chi connectivity index (χ1v) is 7.19. The van der Waals surface area contributed by atoms with E-state index in [0.29, 0.717) is 13.1 Å². The minimum Gasteiger partial charge on any atom is -0.324 e. The van der Waals surface area contributed by atoms with E-state index in [2.05, 4.69) is 29.7 Å². The molecule has 2 rings (SSSR count). The molecule has 0 aliphatic heterocycles. The highest BCUT2D eigenvalue weighted by atomic mass is 16.1. The zero-order chi connectivity index (χ0) is 15.2. The van der Waals surface area contributed by atoms with E-state index in [-0.39, 0.29) is 5.91 Å². The van der Waals surface area contributed by atoms with Crippen molar-refractivity contribution in [1.82, 2.24) is 5.32 Å². The highest BCUT2D eigenvalue weighted by Crippen LogP contribution is 2.19. The average molecular weight is 282 g/mol. The van der Waals surface area contributed by atoms with Gasteiger partial charge in [-0.05, 0) is 43.0 Å². The molecule has 0 spiro atoms. The Morgan fingerprint density at radius 3 is 2.19 bits per heavy atom. The molecule has 1 amide bonds. The van der Waals surface area contributed by atoms with Crippen molar-refractivity contribution in [3.8, 4) is 0 Å². The summed E-state index contributed by atoms with van der Waals surface area (Å²) in [5.74, 6) is -0.0130. The maximum atomic E-state index is 12.0. The van der Waals surface area contributed by atoms with Crippen molar-refractivity contribution in [2.45, 2.75) is 27.3 Å². The second-order valence-electron chi connectivity index (χ2n) is 5.35. The lowest BCUT2D eigenvalue weighted by Crippen LogP contribution is -2.28. The minimum atomic E-state index is -0.0130. The summed E-state index contributed by atoms with van der Waals surface area (Å²) in [7, 11) is 0. The van der Waals surface area contributed by atoms with Crippen LogP contribution in [0.5, 0.6) is 0 Å². The summed E-state index contributed by atoms with van der Waals surface area (Å²) in [5.41, 5.74) is 5.54. The van der Waals surface area contributed by atoms with Gasteiger partial charge in [-0.25, -0.2) is 0 Å². The lowest BCUT2D eigenvalue weighted by atomic mass is 10.1. The third-order valence-corrected chi connectivity index (χ3v) is 3.61. The summed E-state index contributed by atoms with van der Waals surface area (Å²) in [4.78, 5) is 12.0. The highest BCUT2D eigenvalue weighted by molar-refractivity contribution is 5.93. The average Bonchev–Trinajstić information content (AvgIpc) is 2.45. The molecule has 0 aromatic heterocycles. The van der Waals surface area contributed by atoms with Gasteiger partial charge < -0.3 is 10.6 Å². The quantitative estimate of drug-likeness (QED) is 0.883. The number of nitrogens with one attached hydrogen (secondary N) is 2. The highest BCUT2D eigenvalue weighted by Gasteiger charge is 2.07. The molecular weight excluding hydrogens is 260 g/mol. The van der Waals surface area contributed by atoms with E-state index in [4.69, 9.17) is 0 Å². The van der Waals surface area contributed by atoms with Crippen LogP contribution in [-0.4, -0.2) is 12.5 Å². The lowest BCUT2D eigenvalue weighted by Gasteiger charge is -2.12. The molecular formula is C18H22N2O. The van der Waals surface area contributed by atoms with E-state index < -0.39 is 0 Å². The molecule has 0 unspecified atom stereocenters. The lowest BCUT2D eigenvalue weighted by molar-refractivity contribution is -0.115. The molecule has 0 bridgehead atoms. The van der Waals surface area contributed by atoms with E-state index in [1.807, 2.05) is 44.2 Å². The van der Waals surface area contributed by atoms with Gasteiger partial charge in [0.1, 0.15) is 0 Å². The molecule has 110 valence electrons. The van der Waals surface area contributed by atoms with Crippen LogP contribution in [0, 0.1) is 20.8 Å². The zero-order valence-corrected chi connectivity index (χ0v) is 12.9. The zero-order valence-electron chi connectivity index (χ0n) is 12.9. The predicted molar refractivity (Wildman–Crippen MR) is 87.4 cm³/mol. The molecule has 21 heavy (non-hydrogen) atoms. The molecule has 3 nitrogen and oxygen atoms in total. The van der Waals surface area contributed by atoms with Gasteiger partial charge in [0.25, 0.3) is 0 Å². The van der Waals surface area contributed by atoms with Crippen LogP contribution in [0.15, 0.2) is 42.5 Å². The fourth-order valence-corrected chi connectivity index (χ4v) is 2.31. The number of hydrogen-bond acceptors (Lipinski definition) is 2. The fraction of sp³-hybridized carbons (Fsp3) is 0.278. The van der Waals surface area contributed by atoms with Gasteiger partial charge >= 0.3 is 0 Å². The van der Waals surface area contributed by atoms with Crippen LogP contribution in [0.2, 0.25) is 0 Å². The number of anilines is 1. The van der Waals surface area contributed by atoms with Crippen LogP contribution < -0.4 is 10.6 Å². The molecule has 0 saturated carbocycles. The maximum Gasteiger partial charge on any atom is 0.238 e. The smallest absolute Gasteiger partial charge is 0.238 e. The van der Waals surface area contributed by atoms with Crippen molar-refractivity contribution in [1.29, 1.82) is 0 Å². The van der Waals surface area contributed by atoms with Crippen molar-refractivity contribution in [3.63, 3.8) is 0 Å². The van der Waals surface area contributed by atoms with Crippen molar-refractivity contribution < 1.29 is 4.79 Å². The Kier molecular flexibility index (Phi) is 5.12. The predicted octanol–water partition coefficient (Wildman–Crippen LogP) is 3.34. The molecule has 0 fully saturated rings. The monoisotopic (exact) mass is 282 g/mol. The van der Waals surface area contributed by atoms with Crippen LogP contribution >= 0.6 is 0 Å². The van der Waals surface area contributed by atoms with Crippen LogP contribution in [-0.2, 0) is 11.3 Å². The van der Waals surface area contributed by atoms with Gasteiger partial charge in [-0.2, -0.15) is 0 Å². The van der Waals surface area contributed by atoms with Crippen molar-refractivity contribution in [2.75, 3.05) is 11.9 Å². The SMILES string of the molecule is Cc1ccccc1CNCC(=O)Nc1c(C)cccc1C. The van der Waals surface area contributed by atoms with E-state index in [1.54, 1.807) is 0 Å². The number of carbonyl (C=O) groups is 1. The molecule has 0 saturated heterocycles. The molecule has 0 radical (unpaired) electrons. The number of amides is 1. The summed E-state index contributed by atoms with van der Waals surface area (Å²) < 4.78 is 0. The molecule has 0 aliphatic carbocycles. The third kappa shape index (κ3) is 4.17. The van der Waals surface area contributed by atoms with Crippen LogP contribution in [0.25, 0.3) is 0 Å². The molecule has 0 aliphatic rings. The summed E-state index contributed by atoms with van der Waals surface area (Å²) >= 11 is 0. The summed E-state index contributed by atoms with van der Waals surface area (Å²) in [5, 5.41) is 6.17. The van der Waals surface area contributed by atoms with Gasteiger partial charge in [0, 0.05) is 12.2 Å². The van der Waals surface area contributed by atoms with Gasteiger partial charge in [-0.3, -0.25) is 4.79 Å². The Morgan fingerprint density at radius 2 is 1.52 bits per heavy atom. The number of carbonyl (C=O) groups excluding carboxylic acids is 1. The first-order chi connectivity index (χ1) is 10.1. The van der Waals surface area contributed by atoms with Crippen LogP contribution in [0.3, 0.4) is 0 Å². The number of hydrogen-bond donors (Lipinski definition) is 2. The van der Waals surface area contributed by atoms with Crippen LogP contribution in [0.4, 0.5) is 5.69 Å². The van der Waals surface area contributed by atoms with Gasteiger partial charge in [0.05, 0.1) is 6.54 Å². The normalized spacial score (nSPS) is 10.4. The second kappa shape index (κ2) is 7.04. The molecule has 2 aromatic rings.